The van der Waals surface area contributed by atoms with Crippen molar-refractivity contribution in [3.8, 4) is 0 Å². The SMILES string of the molecule is CC1CCC(NC(=O)c2cc3nc(Cc4c(Cl)ccc(CNC(=O)C(C)(C)C)c4Cl)n(C)c3cc2N2CC3COCC3C2)CC1. The maximum atomic E-state index is 13.9. The molecule has 3 aliphatic rings. The normalized spacial score (nSPS) is 23.4. The van der Waals surface area contributed by atoms with E-state index in [1.165, 1.54) is 0 Å². The number of halogens is 2. The molecule has 10 heteroatoms. The van der Waals surface area contributed by atoms with Crippen LogP contribution in [0.1, 0.15) is 80.7 Å². The highest BCUT2D eigenvalue weighted by molar-refractivity contribution is 6.36. The van der Waals surface area contributed by atoms with Crippen LogP contribution in [0.25, 0.3) is 11.0 Å². The van der Waals surface area contributed by atoms with Gasteiger partial charge in [-0.15, -0.1) is 0 Å². The van der Waals surface area contributed by atoms with Crippen molar-refractivity contribution in [3.63, 3.8) is 0 Å². The van der Waals surface area contributed by atoms with Gasteiger partial charge in [0.2, 0.25) is 5.91 Å². The van der Waals surface area contributed by atoms with Gasteiger partial charge in [0.1, 0.15) is 5.82 Å². The number of aromatic nitrogens is 2. The van der Waals surface area contributed by atoms with Gasteiger partial charge >= 0.3 is 0 Å². The van der Waals surface area contributed by atoms with Gasteiger partial charge in [0.25, 0.3) is 5.91 Å². The van der Waals surface area contributed by atoms with Crippen molar-refractivity contribution in [1.82, 2.24) is 20.2 Å². The number of carbonyl (C=O) groups is 2. The van der Waals surface area contributed by atoms with Crippen LogP contribution < -0.4 is 15.5 Å². The van der Waals surface area contributed by atoms with Gasteiger partial charge in [0.15, 0.2) is 0 Å². The van der Waals surface area contributed by atoms with Crippen molar-refractivity contribution in [2.24, 2.45) is 30.2 Å². The fraction of sp³-hybridized carbons (Fsp3) is 0.571. The molecule has 3 heterocycles. The largest absolute Gasteiger partial charge is 0.381 e. The molecule has 2 atom stereocenters. The molecule has 2 saturated heterocycles. The number of hydrogen-bond donors (Lipinski definition) is 2. The second-order valence-corrected chi connectivity index (χ2v) is 15.2. The van der Waals surface area contributed by atoms with Gasteiger partial charge in [0.05, 0.1) is 40.5 Å². The molecule has 1 aliphatic carbocycles. The van der Waals surface area contributed by atoms with E-state index in [4.69, 9.17) is 32.9 Å². The fourth-order valence-electron chi connectivity index (χ4n) is 6.97. The molecule has 2 aliphatic heterocycles. The maximum absolute atomic E-state index is 13.9. The molecule has 2 aromatic carbocycles. The van der Waals surface area contributed by atoms with Crippen LogP contribution in [0.15, 0.2) is 24.3 Å². The van der Waals surface area contributed by atoms with Crippen LogP contribution in [0, 0.1) is 23.2 Å². The highest BCUT2D eigenvalue weighted by Crippen LogP contribution is 2.37. The summed E-state index contributed by atoms with van der Waals surface area (Å²) >= 11 is 13.6. The number of nitrogens with one attached hydrogen (secondary N) is 2. The number of ether oxygens (including phenoxy) is 1. The Morgan fingerprint density at radius 3 is 2.40 bits per heavy atom. The summed E-state index contributed by atoms with van der Waals surface area (Å²) < 4.78 is 7.81. The summed E-state index contributed by atoms with van der Waals surface area (Å²) in [7, 11) is 2.00. The molecule has 45 heavy (non-hydrogen) atoms. The lowest BCUT2D eigenvalue weighted by Gasteiger charge is -2.28. The minimum Gasteiger partial charge on any atom is -0.381 e. The summed E-state index contributed by atoms with van der Waals surface area (Å²) in [5, 5.41) is 7.41. The molecule has 0 bridgehead atoms. The van der Waals surface area contributed by atoms with Gasteiger partial charge in [0, 0.05) is 61.4 Å². The second-order valence-electron chi connectivity index (χ2n) is 14.4. The molecule has 0 radical (unpaired) electrons. The van der Waals surface area contributed by atoms with Gasteiger partial charge in [-0.05, 0) is 60.9 Å². The fourth-order valence-corrected chi connectivity index (χ4v) is 7.54. The van der Waals surface area contributed by atoms with E-state index in [0.29, 0.717) is 46.3 Å². The lowest BCUT2D eigenvalue weighted by molar-refractivity contribution is -0.128. The number of nitrogens with zero attached hydrogens (tertiary/aromatic N) is 3. The Kier molecular flexibility index (Phi) is 9.12. The summed E-state index contributed by atoms with van der Waals surface area (Å²) in [5.41, 5.74) is 4.42. The quantitative estimate of drug-likeness (QED) is 0.303. The van der Waals surface area contributed by atoms with Crippen LogP contribution in [0.4, 0.5) is 5.69 Å². The number of aryl methyl sites for hydroxylation is 1. The smallest absolute Gasteiger partial charge is 0.253 e. The Hall–Kier alpha value is -2.81. The third-order valence-corrected chi connectivity index (χ3v) is 10.8. The number of anilines is 1. The molecule has 242 valence electrons. The number of fused-ring (bicyclic) bond motifs is 2. The van der Waals surface area contributed by atoms with Crippen LogP contribution in [-0.2, 0) is 29.5 Å². The highest BCUT2D eigenvalue weighted by Gasteiger charge is 2.38. The Balaban J connectivity index is 1.31. The predicted octanol–water partition coefficient (Wildman–Crippen LogP) is 6.52. The van der Waals surface area contributed by atoms with Crippen LogP contribution in [0.5, 0.6) is 0 Å². The van der Waals surface area contributed by atoms with E-state index < -0.39 is 5.41 Å². The van der Waals surface area contributed by atoms with E-state index in [2.05, 4.69) is 33.1 Å². The van der Waals surface area contributed by atoms with E-state index in [1.54, 1.807) is 0 Å². The summed E-state index contributed by atoms with van der Waals surface area (Å²) in [5.74, 6) is 2.41. The molecule has 3 fully saturated rings. The number of carbonyl (C=O) groups excluding carboxylic acids is 2. The van der Waals surface area contributed by atoms with Crippen LogP contribution in [0.3, 0.4) is 0 Å². The van der Waals surface area contributed by atoms with Crippen LogP contribution in [0.2, 0.25) is 10.0 Å². The van der Waals surface area contributed by atoms with Crippen molar-refractivity contribution in [2.45, 2.75) is 72.4 Å². The first-order valence-electron chi connectivity index (χ1n) is 16.3. The zero-order chi connectivity index (χ0) is 32.0. The van der Waals surface area contributed by atoms with Crippen molar-refractivity contribution in [2.75, 3.05) is 31.2 Å². The predicted molar refractivity (Wildman–Crippen MR) is 180 cm³/mol. The van der Waals surface area contributed by atoms with Crippen molar-refractivity contribution < 1.29 is 14.3 Å². The Morgan fingerprint density at radius 1 is 1.04 bits per heavy atom. The lowest BCUT2D eigenvalue weighted by Crippen LogP contribution is -2.38. The van der Waals surface area contributed by atoms with Gasteiger partial charge in [-0.2, -0.15) is 0 Å². The topological polar surface area (TPSA) is 88.5 Å². The Bertz CT molecular complexity index is 1590. The maximum Gasteiger partial charge on any atom is 0.253 e. The highest BCUT2D eigenvalue weighted by atomic mass is 35.5. The number of amides is 2. The van der Waals surface area contributed by atoms with Crippen molar-refractivity contribution in [3.05, 3.63) is 56.8 Å². The van der Waals surface area contributed by atoms with Crippen molar-refractivity contribution >= 4 is 51.7 Å². The first-order chi connectivity index (χ1) is 21.4. The number of hydrogen-bond acceptors (Lipinski definition) is 5. The van der Waals surface area contributed by atoms with Crippen LogP contribution >= 0.6 is 23.2 Å². The molecule has 2 unspecified atom stereocenters. The molecule has 1 aromatic heterocycles. The van der Waals surface area contributed by atoms with E-state index in [9.17, 15) is 9.59 Å². The lowest BCUT2D eigenvalue weighted by atomic mass is 9.87. The van der Waals surface area contributed by atoms with E-state index in [1.807, 2.05) is 46.0 Å². The average Bonchev–Trinajstić information content (AvgIpc) is 3.69. The van der Waals surface area contributed by atoms with Crippen LogP contribution in [-0.4, -0.2) is 53.7 Å². The molecular weight excluding hydrogens is 609 g/mol. The Labute approximate surface area is 276 Å². The zero-order valence-electron chi connectivity index (χ0n) is 27.0. The first-order valence-corrected chi connectivity index (χ1v) is 17.0. The monoisotopic (exact) mass is 653 g/mol. The molecule has 1 saturated carbocycles. The molecule has 3 aromatic rings. The minimum atomic E-state index is -0.500. The molecular formula is C35H45Cl2N5O3. The number of benzene rings is 2. The standard InChI is InChI=1S/C35H45Cl2N5O3/c1-20-6-9-24(10-7-20)39-33(43)26-12-28-30(14-29(26)42-16-22-18-45-19-23(22)17-42)41(5)31(40-28)13-25-27(36)11-8-21(32(25)37)15-38-34(44)35(2,3)4/h8,11-12,14,20,22-24H,6-7,9-10,13,15-19H2,1-5H3,(H,38,44)(H,39,43). The average molecular weight is 655 g/mol. The summed E-state index contributed by atoms with van der Waals surface area (Å²) in [6.07, 6.45) is 4.73. The molecule has 0 spiro atoms. The van der Waals surface area contributed by atoms with E-state index in [0.717, 1.165) is 85.7 Å². The summed E-state index contributed by atoms with van der Waals surface area (Å²) in [4.78, 5) is 33.7. The molecule has 2 amide bonds. The van der Waals surface area contributed by atoms with Gasteiger partial charge < -0.3 is 24.8 Å². The van der Waals surface area contributed by atoms with E-state index >= 15 is 0 Å². The van der Waals surface area contributed by atoms with E-state index in [-0.39, 0.29) is 17.9 Å². The van der Waals surface area contributed by atoms with Gasteiger partial charge in [-0.1, -0.05) is 57.0 Å². The molecule has 2 N–H and O–H groups in total. The summed E-state index contributed by atoms with van der Waals surface area (Å²) in [6.45, 7) is 11.6. The van der Waals surface area contributed by atoms with Crippen molar-refractivity contribution in [1.29, 1.82) is 0 Å². The molecule has 8 nitrogen and oxygen atoms in total. The third-order valence-electron chi connectivity index (χ3n) is 9.99. The Morgan fingerprint density at radius 2 is 1.73 bits per heavy atom. The number of rotatable bonds is 7. The van der Waals surface area contributed by atoms with Gasteiger partial charge in [-0.3, -0.25) is 9.59 Å². The molecule has 6 rings (SSSR count). The summed E-state index contributed by atoms with van der Waals surface area (Å²) in [6, 6.07) is 7.97. The minimum absolute atomic E-state index is 0.0249. The van der Waals surface area contributed by atoms with Gasteiger partial charge in [-0.25, -0.2) is 4.98 Å². The third kappa shape index (κ3) is 6.70. The second kappa shape index (κ2) is 12.8. The zero-order valence-corrected chi connectivity index (χ0v) is 28.5. The number of imidazole rings is 1. The first kappa shape index (κ1) is 32.1.